The Labute approximate surface area is 103 Å². The van der Waals surface area contributed by atoms with Crippen LogP contribution in [0.25, 0.3) is 0 Å². The zero-order chi connectivity index (χ0) is 12.9. The lowest BCUT2D eigenvalue weighted by Crippen LogP contribution is -2.29. The van der Waals surface area contributed by atoms with Crippen molar-refractivity contribution in [3.63, 3.8) is 0 Å². The summed E-state index contributed by atoms with van der Waals surface area (Å²) < 4.78 is 5.23. The fraction of sp³-hybridized carbons (Fsp3) is 0.769. The highest BCUT2D eigenvalue weighted by Crippen LogP contribution is 2.13. The number of carbonyl (C=O) groups excluding carboxylic acids is 1. The molecule has 1 aliphatic rings. The molecular formula is C13H22N2O2. The van der Waals surface area contributed by atoms with Gasteiger partial charge < -0.3 is 10.1 Å². The Hall–Kier alpha value is -1.21. The number of hydrogen-bond acceptors (Lipinski definition) is 3. The Kier molecular flexibility index (Phi) is 4.83. The average Bonchev–Trinajstić information content (AvgIpc) is 2.62. The molecule has 1 fully saturated rings. The minimum Gasteiger partial charge on any atom is -0.445 e. The number of nitrogens with one attached hydrogen (secondary N) is 2. The number of alkyl carbamates (subject to hydrolysis) is 1. The summed E-state index contributed by atoms with van der Waals surface area (Å²) in [5, 5.41) is 5.87. The Morgan fingerprint density at radius 1 is 1.53 bits per heavy atom. The summed E-state index contributed by atoms with van der Waals surface area (Å²) in [5.74, 6) is 6.38. The van der Waals surface area contributed by atoms with Gasteiger partial charge in [-0.2, -0.15) is 0 Å². The molecule has 0 saturated carbocycles. The monoisotopic (exact) mass is 238 g/mol. The number of rotatable bonds is 2. The molecule has 96 valence electrons. The number of ether oxygens (including phenoxy) is 1. The van der Waals surface area contributed by atoms with Crippen LogP contribution in [-0.2, 0) is 4.74 Å². The van der Waals surface area contributed by atoms with E-state index in [0.29, 0.717) is 13.1 Å². The lowest BCUT2D eigenvalue weighted by Gasteiger charge is -2.11. The highest BCUT2D eigenvalue weighted by molar-refractivity contribution is 5.67. The third-order valence-corrected chi connectivity index (χ3v) is 2.31. The van der Waals surface area contributed by atoms with Crippen molar-refractivity contribution in [2.75, 3.05) is 13.1 Å². The van der Waals surface area contributed by atoms with Crippen LogP contribution >= 0.6 is 0 Å². The number of hydrogen-bond donors (Lipinski definition) is 2. The number of amides is 1. The topological polar surface area (TPSA) is 50.4 Å². The van der Waals surface area contributed by atoms with Gasteiger partial charge in [0.15, 0.2) is 0 Å². The molecule has 4 nitrogen and oxygen atoms in total. The van der Waals surface area contributed by atoms with Crippen molar-refractivity contribution in [1.29, 1.82) is 0 Å². The van der Waals surface area contributed by atoms with E-state index in [-0.39, 0.29) is 23.7 Å². The van der Waals surface area contributed by atoms with E-state index < -0.39 is 0 Å². The Bertz CT molecular complexity index is 323. The first-order chi connectivity index (χ1) is 7.90. The van der Waals surface area contributed by atoms with E-state index in [9.17, 15) is 4.79 Å². The van der Waals surface area contributed by atoms with Gasteiger partial charge in [-0.15, -0.1) is 0 Å². The van der Waals surface area contributed by atoms with Gasteiger partial charge in [-0.05, 0) is 27.7 Å². The van der Waals surface area contributed by atoms with Crippen LogP contribution in [0.4, 0.5) is 4.79 Å². The molecule has 0 bridgehead atoms. The van der Waals surface area contributed by atoms with Crippen molar-refractivity contribution in [2.24, 2.45) is 5.41 Å². The second-order valence-corrected chi connectivity index (χ2v) is 5.27. The molecule has 0 radical (unpaired) electrons. The minimum absolute atomic E-state index is 0.0141. The standard InChI is InChI=1S/C13H22N2O2/c1-5-14-12(16)17-11-8-10(15-9-11)6-7-13(2,3)4/h10-11,15H,5,8-9H2,1-4H3,(H,14,16)/t10-,11-/m0/s1. The zero-order valence-electron chi connectivity index (χ0n) is 11.1. The van der Waals surface area contributed by atoms with Crippen molar-refractivity contribution in [3.05, 3.63) is 0 Å². The van der Waals surface area contributed by atoms with Gasteiger partial charge >= 0.3 is 6.09 Å². The van der Waals surface area contributed by atoms with Gasteiger partial charge in [-0.3, -0.25) is 5.32 Å². The maximum atomic E-state index is 11.2. The van der Waals surface area contributed by atoms with Gasteiger partial charge in [0, 0.05) is 24.9 Å². The van der Waals surface area contributed by atoms with Crippen LogP contribution in [0.5, 0.6) is 0 Å². The zero-order valence-corrected chi connectivity index (χ0v) is 11.1. The Balaban J connectivity index is 2.37. The molecule has 1 heterocycles. The molecule has 0 aromatic heterocycles. The molecular weight excluding hydrogens is 216 g/mol. The fourth-order valence-corrected chi connectivity index (χ4v) is 1.54. The molecule has 0 spiro atoms. The maximum absolute atomic E-state index is 11.2. The molecule has 0 unspecified atom stereocenters. The minimum atomic E-state index is -0.344. The first kappa shape index (κ1) is 13.9. The van der Waals surface area contributed by atoms with Crippen LogP contribution in [0.15, 0.2) is 0 Å². The van der Waals surface area contributed by atoms with Crippen molar-refractivity contribution in [2.45, 2.75) is 46.3 Å². The van der Waals surface area contributed by atoms with Crippen molar-refractivity contribution < 1.29 is 9.53 Å². The Morgan fingerprint density at radius 2 is 2.24 bits per heavy atom. The largest absolute Gasteiger partial charge is 0.445 e. The smallest absolute Gasteiger partial charge is 0.407 e. The number of carbonyl (C=O) groups is 1. The van der Waals surface area contributed by atoms with Crippen LogP contribution in [0.1, 0.15) is 34.1 Å². The van der Waals surface area contributed by atoms with E-state index in [1.807, 2.05) is 6.92 Å². The van der Waals surface area contributed by atoms with Gasteiger partial charge in [-0.1, -0.05) is 11.8 Å². The van der Waals surface area contributed by atoms with Crippen molar-refractivity contribution >= 4 is 6.09 Å². The lowest BCUT2D eigenvalue weighted by atomic mass is 9.97. The van der Waals surface area contributed by atoms with E-state index in [4.69, 9.17) is 4.74 Å². The van der Waals surface area contributed by atoms with E-state index in [2.05, 4.69) is 43.2 Å². The summed E-state index contributed by atoms with van der Waals surface area (Å²) in [6, 6.07) is 0.133. The van der Waals surface area contributed by atoms with E-state index in [1.165, 1.54) is 0 Å². The quantitative estimate of drug-likeness (QED) is 0.717. The van der Waals surface area contributed by atoms with Gasteiger partial charge in [0.05, 0.1) is 6.04 Å². The summed E-state index contributed by atoms with van der Waals surface area (Å²) in [6.07, 6.45) is 0.352. The normalized spacial score (nSPS) is 23.8. The van der Waals surface area contributed by atoms with E-state index in [1.54, 1.807) is 0 Å². The first-order valence-electron chi connectivity index (χ1n) is 6.11. The summed E-state index contributed by atoms with van der Waals surface area (Å²) >= 11 is 0. The van der Waals surface area contributed by atoms with Crippen LogP contribution < -0.4 is 10.6 Å². The molecule has 1 rings (SSSR count). The third kappa shape index (κ3) is 5.60. The average molecular weight is 238 g/mol. The molecule has 0 aromatic rings. The molecule has 1 saturated heterocycles. The van der Waals surface area contributed by atoms with Crippen LogP contribution in [0, 0.1) is 17.3 Å². The summed E-state index contributed by atoms with van der Waals surface area (Å²) in [5.41, 5.74) is 0.0141. The molecule has 0 aromatic carbocycles. The van der Waals surface area contributed by atoms with E-state index in [0.717, 1.165) is 6.42 Å². The second-order valence-electron chi connectivity index (χ2n) is 5.27. The summed E-state index contributed by atoms with van der Waals surface area (Å²) in [7, 11) is 0. The molecule has 17 heavy (non-hydrogen) atoms. The molecule has 1 amide bonds. The highest BCUT2D eigenvalue weighted by atomic mass is 16.6. The molecule has 2 atom stereocenters. The summed E-state index contributed by atoms with van der Waals surface area (Å²) in [6.45, 7) is 9.38. The SMILES string of the molecule is CCNC(=O)O[C@@H]1CN[C@@H](C#CC(C)(C)C)C1. The van der Waals surface area contributed by atoms with Gasteiger partial charge in [0.25, 0.3) is 0 Å². The van der Waals surface area contributed by atoms with Crippen molar-refractivity contribution in [1.82, 2.24) is 10.6 Å². The van der Waals surface area contributed by atoms with Gasteiger partial charge in [-0.25, -0.2) is 4.79 Å². The molecule has 0 aliphatic carbocycles. The Morgan fingerprint density at radius 3 is 2.82 bits per heavy atom. The lowest BCUT2D eigenvalue weighted by molar-refractivity contribution is 0.107. The molecule has 4 heteroatoms. The third-order valence-electron chi connectivity index (χ3n) is 2.31. The molecule has 1 aliphatic heterocycles. The van der Waals surface area contributed by atoms with Crippen LogP contribution in [-0.4, -0.2) is 31.3 Å². The molecule has 2 N–H and O–H groups in total. The fourth-order valence-electron chi connectivity index (χ4n) is 1.54. The summed E-state index contributed by atoms with van der Waals surface area (Å²) in [4.78, 5) is 11.2. The van der Waals surface area contributed by atoms with Crippen molar-refractivity contribution in [3.8, 4) is 11.8 Å². The maximum Gasteiger partial charge on any atom is 0.407 e. The first-order valence-corrected chi connectivity index (χ1v) is 6.11. The van der Waals surface area contributed by atoms with Gasteiger partial charge in [0.2, 0.25) is 0 Å². The second kappa shape index (κ2) is 5.92. The highest BCUT2D eigenvalue weighted by Gasteiger charge is 2.25. The predicted molar refractivity (Wildman–Crippen MR) is 67.6 cm³/mol. The van der Waals surface area contributed by atoms with Gasteiger partial charge in [0.1, 0.15) is 6.10 Å². The van der Waals surface area contributed by atoms with Crippen LogP contribution in [0.2, 0.25) is 0 Å². The predicted octanol–water partition coefficient (Wildman–Crippen LogP) is 1.51. The van der Waals surface area contributed by atoms with E-state index >= 15 is 0 Å². The van der Waals surface area contributed by atoms with Crippen LogP contribution in [0.3, 0.4) is 0 Å².